The van der Waals surface area contributed by atoms with Crippen LogP contribution < -0.4 is 54.9 Å². The molecule has 0 spiro atoms. The summed E-state index contributed by atoms with van der Waals surface area (Å²) in [5.41, 5.74) is 7.48. The average molecular weight is 1170 g/mol. The van der Waals surface area contributed by atoms with Gasteiger partial charge in [-0.2, -0.15) is 13.5 Å². The van der Waals surface area contributed by atoms with Crippen LogP contribution in [0.25, 0.3) is 31.8 Å². The molecule has 7 amide bonds. The van der Waals surface area contributed by atoms with Crippen molar-refractivity contribution in [2.45, 2.75) is 33.4 Å². The van der Waals surface area contributed by atoms with Crippen LogP contribution in [-0.2, 0) is 40.3 Å². The summed E-state index contributed by atoms with van der Waals surface area (Å²) in [6, 6.07) is 27.2. The molecule has 420 valence electrons. The molecule has 25 heteroatoms. The van der Waals surface area contributed by atoms with Gasteiger partial charge in [-0.3, -0.25) is 33.6 Å². The van der Waals surface area contributed by atoms with Crippen molar-refractivity contribution in [1.82, 2.24) is 10.4 Å². The maximum Gasteiger partial charge on any atom is 0.363 e. The number of rotatable bonds is 5. The second kappa shape index (κ2) is 25.6. The first kappa shape index (κ1) is 64.8. The van der Waals surface area contributed by atoms with E-state index in [1.807, 2.05) is 43.4 Å². The quantitative estimate of drug-likeness (QED) is 0.108. The Morgan fingerprint density at radius 1 is 0.608 bits per heavy atom. The van der Waals surface area contributed by atoms with Crippen molar-refractivity contribution in [3.8, 4) is 0 Å². The Hall–Kier alpha value is -6.77. The van der Waals surface area contributed by atoms with E-state index in [0.29, 0.717) is 49.6 Å². The number of amides is 7. The number of hydroxylamine groups is 2. The molecule has 0 radical (unpaired) electrons. The molecule has 0 atom stereocenters. The largest absolute Gasteiger partial charge is 1.00 e. The lowest BCUT2D eigenvalue weighted by Gasteiger charge is -2.41. The fourth-order valence-electron chi connectivity index (χ4n) is 10.8. The number of hydrogen-bond acceptors (Lipinski definition) is 14. The number of quaternary nitrogens is 2. The highest BCUT2D eigenvalue weighted by Crippen LogP contribution is 2.44. The van der Waals surface area contributed by atoms with Gasteiger partial charge in [-0.05, 0) is 72.8 Å². The molecule has 79 heavy (non-hydrogen) atoms. The number of fused-ring (bicyclic) bond motifs is 4. The number of hydrogen-bond donors (Lipinski definition) is 2. The average Bonchev–Trinajstić information content (AvgIpc) is 3.90. The van der Waals surface area contributed by atoms with Gasteiger partial charge in [0.2, 0.25) is 0 Å². The van der Waals surface area contributed by atoms with Crippen LogP contribution in [-0.4, -0.2) is 124 Å². The minimum atomic E-state index is -0.886. The summed E-state index contributed by atoms with van der Waals surface area (Å²) in [5.74, 6) is -3.85. The van der Waals surface area contributed by atoms with Crippen LogP contribution in [0.15, 0.2) is 97.1 Å². The van der Waals surface area contributed by atoms with E-state index in [9.17, 15) is 38.4 Å². The van der Waals surface area contributed by atoms with E-state index < -0.39 is 29.6 Å². The zero-order chi connectivity index (χ0) is 54.4. The molecule has 6 aromatic carbocycles. The minimum absolute atomic E-state index is 0. The van der Waals surface area contributed by atoms with Gasteiger partial charge in [0.1, 0.15) is 13.1 Å². The van der Waals surface area contributed by atoms with Crippen LogP contribution in [0.2, 0.25) is 0 Å². The van der Waals surface area contributed by atoms with Crippen LogP contribution >= 0.6 is 25.6 Å². The normalized spacial score (nSPS) is 16.0. The van der Waals surface area contributed by atoms with E-state index in [1.165, 1.54) is 29.2 Å². The van der Waals surface area contributed by atoms with Gasteiger partial charge in [-0.25, -0.2) is 14.6 Å². The summed E-state index contributed by atoms with van der Waals surface area (Å²) >= 11 is 3.83. The van der Waals surface area contributed by atoms with Crippen LogP contribution in [0.5, 0.6) is 0 Å². The molecule has 0 unspecified atom stereocenters. The molecule has 0 saturated carbocycles. The molecule has 20 nitrogen and oxygen atoms in total. The minimum Gasteiger partial charge on any atom is -1.00 e. The van der Waals surface area contributed by atoms with Crippen molar-refractivity contribution in [3.05, 3.63) is 152 Å². The number of anilines is 4. The van der Waals surface area contributed by atoms with Crippen LogP contribution in [0, 0.1) is 0 Å². The molecule has 0 aliphatic carbocycles. The van der Waals surface area contributed by atoms with Crippen molar-refractivity contribution >= 4 is 130 Å². The predicted molar refractivity (Wildman–Crippen MR) is 306 cm³/mol. The Balaban J connectivity index is 0.000000304. The zero-order valence-corrected chi connectivity index (χ0v) is 47.6. The molecular formula is C54H60Cl2N11O9S3-3. The van der Waals surface area contributed by atoms with E-state index in [4.69, 9.17) is 15.1 Å². The predicted octanol–water partition coefficient (Wildman–Crippen LogP) is 1.65. The summed E-state index contributed by atoms with van der Waals surface area (Å²) in [6.07, 6.45) is -0.0110. The van der Waals surface area contributed by atoms with E-state index >= 15 is 0 Å². The van der Waals surface area contributed by atoms with Crippen molar-refractivity contribution in [3.63, 3.8) is 0 Å². The van der Waals surface area contributed by atoms with Gasteiger partial charge in [0.15, 0.2) is 13.3 Å². The van der Waals surface area contributed by atoms with Crippen molar-refractivity contribution in [2.75, 3.05) is 82.3 Å². The highest BCUT2D eigenvalue weighted by atomic mass is 35.5. The van der Waals surface area contributed by atoms with E-state index in [-0.39, 0.29) is 94.0 Å². The summed E-state index contributed by atoms with van der Waals surface area (Å²) in [4.78, 5) is 114. The van der Waals surface area contributed by atoms with Crippen molar-refractivity contribution in [2.24, 2.45) is 5.14 Å². The number of carbonyl (C=O) groups is 8. The molecule has 0 bridgehead atoms. The Bertz CT molecular complexity index is 3390. The number of carbonyl (C=O) groups excluding carboxylic acids is 8. The first-order chi connectivity index (χ1) is 35.7. The maximum absolute atomic E-state index is 13.8. The molecule has 5 aliphatic rings. The second-order valence-electron chi connectivity index (χ2n) is 19.8. The maximum atomic E-state index is 13.8. The lowest BCUT2D eigenvalue weighted by Crippen LogP contribution is -3.00. The van der Waals surface area contributed by atoms with Gasteiger partial charge in [-0.1, -0.05) is 31.7 Å². The molecule has 5 heterocycles. The van der Waals surface area contributed by atoms with Gasteiger partial charge >= 0.3 is 5.97 Å². The molecule has 5 N–H and O–H groups in total. The van der Waals surface area contributed by atoms with Crippen LogP contribution in [0.4, 0.5) is 22.7 Å². The molecule has 1 saturated heterocycles. The van der Waals surface area contributed by atoms with Gasteiger partial charge in [0.05, 0.1) is 56.5 Å². The third-order valence-electron chi connectivity index (χ3n) is 13.5. The van der Waals surface area contributed by atoms with Gasteiger partial charge in [-0.15, -0.1) is 5.06 Å². The number of nitrogens with one attached hydrogen (secondary N) is 3. The monoisotopic (exact) mass is 1170 g/mol. The van der Waals surface area contributed by atoms with E-state index in [0.717, 1.165) is 79.0 Å². The fraction of sp³-hybridized carbons (Fsp3) is 0.259. The lowest BCUT2D eigenvalue weighted by molar-refractivity contribution is -0.904. The van der Waals surface area contributed by atoms with Crippen LogP contribution in [0.3, 0.4) is 0 Å². The van der Waals surface area contributed by atoms with Gasteiger partial charge in [0.25, 0.3) is 41.4 Å². The Kier molecular flexibility index (Phi) is 21.0. The summed E-state index contributed by atoms with van der Waals surface area (Å²) in [5, 5.41) is 21.9. The Labute approximate surface area is 487 Å². The molecular weight excluding hydrogens is 1110 g/mol. The standard InChI is InChI=1S/C28H25N4O6.C25H24N4O3.CH4.2ClH.H2N2S.H2NS.H2S/c1-29-15-32(2,3)14-17-13-21-24-19(25(17)29)5-4-6-20(24)26(35)30(27(21)36)18-9-7-16(8-10-18)28(37)38-31-22(33)11-12-23(31)34;1-26-23(30)15-8-10-17(11-9-15)28-24(31)19-7-5-6-18-21(19)20(25(28)32)12-16-13-29(3,4)14-27(2)22(16)18;;;;1-3-2;1-2;/h4-10,13H,11-12,14-15H2,1-3H3;5-12H,13-14H2,1-4H3;1H4;2*1H;1-2H;1H2;1H2/q+1;;;;;-2;-1;/p-1. The van der Waals surface area contributed by atoms with E-state index in [1.54, 1.807) is 43.4 Å². The molecule has 11 rings (SSSR count). The lowest BCUT2D eigenvalue weighted by atomic mass is 9.89. The molecule has 0 aromatic heterocycles. The SMILES string of the molecule is C.CN1C[N+](C)(C)Cc2cc3c4c(cccc4c21)C(=O)N(c1ccc(C(=O)ON2C(=O)CCC2=O)cc1)C3=O.CNC(=O)c1ccc(N2C(=O)c3cccc4c5c(cc(c34)C2=O)C[N+](C)(C)CN5C)cc1.N[S-].S.[Cl-].[Cl-].[NH-]S[NH-]. The zero-order valence-electron chi connectivity index (χ0n) is 43.4. The van der Waals surface area contributed by atoms with Gasteiger partial charge < -0.3 is 94.1 Å². The summed E-state index contributed by atoms with van der Waals surface area (Å²) in [6.45, 7) is 3.19. The summed E-state index contributed by atoms with van der Waals surface area (Å²) < 4.78 is 1.52. The van der Waals surface area contributed by atoms with Crippen molar-refractivity contribution in [1.29, 1.82) is 0 Å². The molecule has 5 aliphatic heterocycles. The molecule has 6 aromatic rings. The topological polar surface area (TPSA) is 248 Å². The first-order valence-corrected chi connectivity index (χ1v) is 24.7. The second-order valence-corrected chi connectivity index (χ2v) is 20.0. The third-order valence-corrected chi connectivity index (χ3v) is 13.5. The number of nitrogens with two attached hydrogens (primary N) is 1. The summed E-state index contributed by atoms with van der Waals surface area (Å²) in [7, 11) is 14.2. The number of benzene rings is 6. The number of imide groups is 3. The first-order valence-electron chi connectivity index (χ1n) is 23.4. The van der Waals surface area contributed by atoms with E-state index in [2.05, 4.69) is 68.3 Å². The highest BCUT2D eigenvalue weighted by Gasteiger charge is 2.41. The highest BCUT2D eigenvalue weighted by molar-refractivity contribution is 8.02. The Morgan fingerprint density at radius 2 is 0.962 bits per heavy atom. The fourth-order valence-corrected chi connectivity index (χ4v) is 10.8. The van der Waals surface area contributed by atoms with Gasteiger partial charge in [0, 0.05) is 94.5 Å². The molecule has 1 fully saturated rings. The Morgan fingerprint density at radius 3 is 1.33 bits per heavy atom. The third kappa shape index (κ3) is 12.1. The number of nitrogens with zero attached hydrogens (tertiary/aromatic N) is 7. The van der Waals surface area contributed by atoms with Crippen LogP contribution in [0.1, 0.15) is 93.5 Å². The smallest absolute Gasteiger partial charge is 0.363 e. The van der Waals surface area contributed by atoms with Crippen molar-refractivity contribution < 1.29 is 77.0 Å². The number of halogens is 2.